The summed E-state index contributed by atoms with van der Waals surface area (Å²) in [7, 11) is 0. The Hall–Kier alpha value is -3.28. The average Bonchev–Trinajstić information content (AvgIpc) is 2.91. The first-order valence-electron chi connectivity index (χ1n) is 7.52. The molecule has 24 heavy (non-hydrogen) atoms. The van der Waals surface area contributed by atoms with E-state index in [-0.39, 0.29) is 5.91 Å². The number of benzene rings is 1. The SMILES string of the molecule is Cc1nn(-c2ccccc2)c(C)c1/C=N/NC(=O)c1cccnc1. The zero-order valence-electron chi connectivity index (χ0n) is 13.5. The van der Waals surface area contributed by atoms with Gasteiger partial charge in [-0.15, -0.1) is 0 Å². The number of aromatic nitrogens is 3. The number of para-hydroxylation sites is 1. The minimum absolute atomic E-state index is 0.301. The first-order chi connectivity index (χ1) is 11.7. The zero-order valence-corrected chi connectivity index (χ0v) is 13.5. The van der Waals surface area contributed by atoms with Crippen LogP contribution in [0.15, 0.2) is 60.0 Å². The number of nitrogens with one attached hydrogen (secondary N) is 1. The minimum atomic E-state index is -0.301. The van der Waals surface area contributed by atoms with Crippen LogP contribution in [0.1, 0.15) is 27.3 Å². The van der Waals surface area contributed by atoms with E-state index in [0.717, 1.165) is 22.6 Å². The van der Waals surface area contributed by atoms with Gasteiger partial charge in [-0.1, -0.05) is 18.2 Å². The van der Waals surface area contributed by atoms with Crippen molar-refractivity contribution in [2.24, 2.45) is 5.10 Å². The molecule has 3 aromatic rings. The minimum Gasteiger partial charge on any atom is -0.267 e. The summed E-state index contributed by atoms with van der Waals surface area (Å²) in [6.45, 7) is 3.88. The van der Waals surface area contributed by atoms with Crippen molar-refractivity contribution in [3.8, 4) is 5.69 Å². The lowest BCUT2D eigenvalue weighted by molar-refractivity contribution is 0.0955. The van der Waals surface area contributed by atoms with Crippen LogP contribution in [0.3, 0.4) is 0 Å². The Kier molecular flexibility index (Phi) is 4.47. The molecule has 6 heteroatoms. The van der Waals surface area contributed by atoms with Crippen LogP contribution >= 0.6 is 0 Å². The molecule has 0 spiro atoms. The summed E-state index contributed by atoms with van der Waals surface area (Å²) < 4.78 is 1.86. The standard InChI is InChI=1S/C18H17N5O/c1-13-17(12-20-21-18(24)15-7-6-10-19-11-15)14(2)23(22-13)16-8-4-3-5-9-16/h3-12H,1-2H3,(H,21,24)/b20-12+. The second-order valence-electron chi connectivity index (χ2n) is 5.27. The van der Waals surface area contributed by atoms with Crippen molar-refractivity contribution in [2.75, 3.05) is 0 Å². The van der Waals surface area contributed by atoms with E-state index >= 15 is 0 Å². The number of carbonyl (C=O) groups excluding carboxylic acids is 1. The van der Waals surface area contributed by atoms with Crippen molar-refractivity contribution in [3.05, 3.63) is 77.4 Å². The van der Waals surface area contributed by atoms with Crippen LogP contribution in [-0.4, -0.2) is 26.9 Å². The lowest BCUT2D eigenvalue weighted by Gasteiger charge is -2.03. The van der Waals surface area contributed by atoms with Crippen molar-refractivity contribution < 1.29 is 4.79 Å². The van der Waals surface area contributed by atoms with Crippen molar-refractivity contribution in [3.63, 3.8) is 0 Å². The molecule has 0 saturated carbocycles. The summed E-state index contributed by atoms with van der Waals surface area (Å²) in [4.78, 5) is 15.9. The van der Waals surface area contributed by atoms with Gasteiger partial charge in [-0.25, -0.2) is 10.1 Å². The van der Waals surface area contributed by atoms with E-state index in [1.165, 1.54) is 6.20 Å². The monoisotopic (exact) mass is 319 g/mol. The summed E-state index contributed by atoms with van der Waals surface area (Å²) in [6.07, 6.45) is 4.73. The third-order valence-corrected chi connectivity index (χ3v) is 3.63. The van der Waals surface area contributed by atoms with E-state index < -0.39 is 0 Å². The predicted octanol–water partition coefficient (Wildman–Crippen LogP) is 2.65. The molecule has 2 heterocycles. The first kappa shape index (κ1) is 15.6. The van der Waals surface area contributed by atoms with Crippen LogP contribution in [0.4, 0.5) is 0 Å². The molecular weight excluding hydrogens is 302 g/mol. The second-order valence-corrected chi connectivity index (χ2v) is 5.27. The highest BCUT2D eigenvalue weighted by Crippen LogP contribution is 2.16. The predicted molar refractivity (Wildman–Crippen MR) is 92.3 cm³/mol. The molecule has 0 aliphatic carbocycles. The highest BCUT2D eigenvalue weighted by atomic mass is 16.2. The molecule has 6 nitrogen and oxygen atoms in total. The van der Waals surface area contributed by atoms with E-state index in [9.17, 15) is 4.79 Å². The van der Waals surface area contributed by atoms with Gasteiger partial charge in [0.15, 0.2) is 0 Å². The fourth-order valence-electron chi connectivity index (χ4n) is 2.38. The van der Waals surface area contributed by atoms with E-state index in [1.807, 2.05) is 48.9 Å². The quantitative estimate of drug-likeness (QED) is 0.593. The number of carbonyl (C=O) groups is 1. The van der Waals surface area contributed by atoms with Crippen molar-refractivity contribution in [1.29, 1.82) is 0 Å². The zero-order chi connectivity index (χ0) is 16.9. The highest BCUT2D eigenvalue weighted by Gasteiger charge is 2.11. The van der Waals surface area contributed by atoms with Gasteiger partial charge in [0.25, 0.3) is 5.91 Å². The van der Waals surface area contributed by atoms with Gasteiger partial charge in [-0.3, -0.25) is 9.78 Å². The fourth-order valence-corrected chi connectivity index (χ4v) is 2.38. The van der Waals surface area contributed by atoms with Crippen LogP contribution < -0.4 is 5.43 Å². The molecular formula is C18H17N5O. The van der Waals surface area contributed by atoms with E-state index in [2.05, 4.69) is 20.6 Å². The number of pyridine rings is 1. The Morgan fingerprint density at radius 3 is 2.67 bits per heavy atom. The third kappa shape index (κ3) is 3.22. The average molecular weight is 319 g/mol. The molecule has 0 fully saturated rings. The Morgan fingerprint density at radius 1 is 1.17 bits per heavy atom. The number of hydrogen-bond donors (Lipinski definition) is 1. The largest absolute Gasteiger partial charge is 0.272 e. The number of hydrogen-bond acceptors (Lipinski definition) is 4. The van der Waals surface area contributed by atoms with Crippen molar-refractivity contribution in [2.45, 2.75) is 13.8 Å². The molecule has 2 aromatic heterocycles. The maximum Gasteiger partial charge on any atom is 0.272 e. The van der Waals surface area contributed by atoms with Gasteiger partial charge >= 0.3 is 0 Å². The van der Waals surface area contributed by atoms with Gasteiger partial charge in [-0.05, 0) is 38.1 Å². The van der Waals surface area contributed by atoms with Crippen LogP contribution in [-0.2, 0) is 0 Å². The van der Waals surface area contributed by atoms with Crippen molar-refractivity contribution >= 4 is 12.1 Å². The molecule has 1 N–H and O–H groups in total. The van der Waals surface area contributed by atoms with Crippen LogP contribution in [0.25, 0.3) is 5.69 Å². The highest BCUT2D eigenvalue weighted by molar-refractivity contribution is 5.94. The maximum absolute atomic E-state index is 11.9. The van der Waals surface area contributed by atoms with E-state index in [1.54, 1.807) is 24.5 Å². The summed E-state index contributed by atoms with van der Waals surface area (Å²) in [5.74, 6) is -0.301. The number of rotatable bonds is 4. The number of aryl methyl sites for hydroxylation is 1. The summed E-state index contributed by atoms with van der Waals surface area (Å²) in [5.41, 5.74) is 6.63. The molecule has 0 unspecified atom stereocenters. The lowest BCUT2D eigenvalue weighted by atomic mass is 10.2. The molecule has 1 amide bonds. The molecule has 1 aromatic carbocycles. The molecule has 0 aliphatic heterocycles. The van der Waals surface area contributed by atoms with Gasteiger partial charge in [0.1, 0.15) is 0 Å². The van der Waals surface area contributed by atoms with Crippen LogP contribution in [0.2, 0.25) is 0 Å². The number of nitrogens with zero attached hydrogens (tertiary/aromatic N) is 4. The van der Waals surface area contributed by atoms with E-state index in [4.69, 9.17) is 0 Å². The Labute approximate surface area is 139 Å². The van der Waals surface area contributed by atoms with Gasteiger partial charge in [0, 0.05) is 18.0 Å². The molecule has 0 radical (unpaired) electrons. The molecule has 120 valence electrons. The Morgan fingerprint density at radius 2 is 1.96 bits per heavy atom. The third-order valence-electron chi connectivity index (χ3n) is 3.63. The van der Waals surface area contributed by atoms with Gasteiger partial charge in [0.2, 0.25) is 0 Å². The summed E-state index contributed by atoms with van der Waals surface area (Å²) >= 11 is 0. The molecule has 0 atom stereocenters. The smallest absolute Gasteiger partial charge is 0.267 e. The van der Waals surface area contributed by atoms with E-state index in [0.29, 0.717) is 5.56 Å². The topological polar surface area (TPSA) is 72.2 Å². The maximum atomic E-state index is 11.9. The molecule has 0 aliphatic rings. The molecule has 0 bridgehead atoms. The number of amides is 1. The summed E-state index contributed by atoms with van der Waals surface area (Å²) in [6, 6.07) is 13.3. The lowest BCUT2D eigenvalue weighted by Crippen LogP contribution is -2.17. The first-order valence-corrected chi connectivity index (χ1v) is 7.52. The fraction of sp³-hybridized carbons (Fsp3) is 0.111. The number of hydrazone groups is 1. The Balaban J connectivity index is 1.78. The van der Waals surface area contributed by atoms with Gasteiger partial charge < -0.3 is 0 Å². The molecule has 0 saturated heterocycles. The normalized spacial score (nSPS) is 10.9. The van der Waals surface area contributed by atoms with Crippen molar-refractivity contribution in [1.82, 2.24) is 20.2 Å². The van der Waals surface area contributed by atoms with Gasteiger partial charge in [-0.2, -0.15) is 10.2 Å². The van der Waals surface area contributed by atoms with Crippen LogP contribution in [0, 0.1) is 13.8 Å². The Bertz CT molecular complexity index is 869. The summed E-state index contributed by atoms with van der Waals surface area (Å²) in [5, 5.41) is 8.58. The van der Waals surface area contributed by atoms with Gasteiger partial charge in [0.05, 0.1) is 28.9 Å². The second kappa shape index (κ2) is 6.87. The molecule has 3 rings (SSSR count). The van der Waals surface area contributed by atoms with Crippen LogP contribution in [0.5, 0.6) is 0 Å².